The third kappa shape index (κ3) is 9.38. The van der Waals surface area contributed by atoms with Gasteiger partial charge in [0.2, 0.25) is 0 Å². The van der Waals surface area contributed by atoms with Gasteiger partial charge in [-0.3, -0.25) is 4.79 Å². The molecule has 0 spiro atoms. The van der Waals surface area contributed by atoms with Crippen LogP contribution in [0.15, 0.2) is 36.1 Å². The summed E-state index contributed by atoms with van der Waals surface area (Å²) in [4.78, 5) is 33.8. The molecule has 1 unspecified atom stereocenters. The SMILES string of the molecule is C=C/C=C(C(=O)OCC(=O)NC(CS)C(=O)O)\C(O)=C/C.CN. The molecule has 0 heterocycles. The number of ether oxygens (including phenoxy) is 1. The fourth-order valence-corrected chi connectivity index (χ4v) is 1.41. The van der Waals surface area contributed by atoms with Gasteiger partial charge in [-0.25, -0.2) is 9.59 Å². The smallest absolute Gasteiger partial charge is 0.342 e. The number of carbonyl (C=O) groups is 3. The van der Waals surface area contributed by atoms with E-state index in [-0.39, 0.29) is 17.1 Å². The first-order valence-corrected chi connectivity index (χ1v) is 7.06. The van der Waals surface area contributed by atoms with Gasteiger partial charge in [-0.2, -0.15) is 12.6 Å². The van der Waals surface area contributed by atoms with Crippen LogP contribution in [0.5, 0.6) is 0 Å². The zero-order valence-electron chi connectivity index (χ0n) is 13.0. The number of nitrogens with one attached hydrogen (secondary N) is 1. The van der Waals surface area contributed by atoms with Crippen LogP contribution in [0.1, 0.15) is 6.92 Å². The third-order valence-electron chi connectivity index (χ3n) is 2.20. The van der Waals surface area contributed by atoms with E-state index in [1.807, 2.05) is 0 Å². The van der Waals surface area contributed by atoms with Gasteiger partial charge in [-0.05, 0) is 26.1 Å². The Labute approximate surface area is 140 Å². The second-order valence-corrected chi connectivity index (χ2v) is 4.07. The molecule has 5 N–H and O–H groups in total. The lowest BCUT2D eigenvalue weighted by Crippen LogP contribution is -2.44. The summed E-state index contributed by atoms with van der Waals surface area (Å²) in [5, 5.41) is 20.4. The lowest BCUT2D eigenvalue weighted by atomic mass is 10.2. The average molecular weight is 346 g/mol. The maximum atomic E-state index is 11.7. The molecule has 0 aliphatic heterocycles. The maximum absolute atomic E-state index is 11.7. The predicted octanol–water partition coefficient (Wildman–Crippen LogP) is 0.178. The van der Waals surface area contributed by atoms with Crippen molar-refractivity contribution in [2.45, 2.75) is 13.0 Å². The number of aliphatic hydroxyl groups is 1. The van der Waals surface area contributed by atoms with Gasteiger partial charge in [-0.15, -0.1) is 0 Å². The van der Waals surface area contributed by atoms with Crippen molar-refractivity contribution in [3.63, 3.8) is 0 Å². The summed E-state index contributed by atoms with van der Waals surface area (Å²) in [6.07, 6.45) is 3.78. The van der Waals surface area contributed by atoms with Crippen molar-refractivity contribution in [2.75, 3.05) is 19.4 Å². The molecular weight excluding hydrogens is 324 g/mol. The number of nitrogens with two attached hydrogens (primary N) is 1. The summed E-state index contributed by atoms with van der Waals surface area (Å²) in [5.41, 5.74) is 4.34. The highest BCUT2D eigenvalue weighted by Gasteiger charge is 2.20. The molecule has 0 radical (unpaired) electrons. The summed E-state index contributed by atoms with van der Waals surface area (Å²) >= 11 is 3.77. The zero-order chi connectivity index (χ0) is 18.4. The fraction of sp³-hybridized carbons (Fsp3) is 0.357. The molecule has 0 saturated heterocycles. The Balaban J connectivity index is 0. The summed E-state index contributed by atoms with van der Waals surface area (Å²) in [7, 11) is 1.50. The van der Waals surface area contributed by atoms with E-state index in [0.717, 1.165) is 0 Å². The molecule has 0 bridgehead atoms. The highest BCUT2D eigenvalue weighted by molar-refractivity contribution is 7.80. The second-order valence-electron chi connectivity index (χ2n) is 3.71. The average Bonchev–Trinajstić information content (AvgIpc) is 2.56. The van der Waals surface area contributed by atoms with Crippen LogP contribution in [0.25, 0.3) is 0 Å². The minimum Gasteiger partial charge on any atom is -0.507 e. The first-order chi connectivity index (χ1) is 10.9. The van der Waals surface area contributed by atoms with E-state index in [2.05, 4.69) is 35.0 Å². The van der Waals surface area contributed by atoms with E-state index in [4.69, 9.17) is 5.11 Å². The summed E-state index contributed by atoms with van der Waals surface area (Å²) in [6, 6.07) is -1.17. The minimum absolute atomic E-state index is 0.101. The Morgan fingerprint density at radius 2 is 1.91 bits per heavy atom. The molecule has 0 aliphatic rings. The molecule has 1 atom stereocenters. The van der Waals surface area contributed by atoms with Crippen molar-refractivity contribution in [3.8, 4) is 0 Å². The molecule has 0 aromatic heterocycles. The fourth-order valence-electron chi connectivity index (χ4n) is 1.16. The van der Waals surface area contributed by atoms with Crippen LogP contribution >= 0.6 is 12.6 Å². The lowest BCUT2D eigenvalue weighted by Gasteiger charge is -2.12. The Morgan fingerprint density at radius 1 is 1.35 bits per heavy atom. The number of aliphatic carboxylic acids is 1. The maximum Gasteiger partial charge on any atom is 0.342 e. The van der Waals surface area contributed by atoms with Crippen molar-refractivity contribution in [2.24, 2.45) is 5.73 Å². The first kappa shape index (κ1) is 23.0. The Bertz CT molecular complexity index is 488. The van der Waals surface area contributed by atoms with Gasteiger partial charge in [0, 0.05) is 5.75 Å². The van der Waals surface area contributed by atoms with E-state index in [9.17, 15) is 19.5 Å². The molecule has 130 valence electrons. The quantitative estimate of drug-likeness (QED) is 0.139. The summed E-state index contributed by atoms with van der Waals surface area (Å²) in [5.74, 6) is -3.39. The molecule has 1 amide bonds. The van der Waals surface area contributed by atoms with Crippen molar-refractivity contribution < 1.29 is 29.3 Å². The molecule has 0 aliphatic carbocycles. The zero-order valence-corrected chi connectivity index (χ0v) is 13.9. The van der Waals surface area contributed by atoms with Gasteiger partial charge >= 0.3 is 11.9 Å². The number of hydrogen-bond donors (Lipinski definition) is 5. The molecule has 0 aromatic rings. The molecule has 9 heteroatoms. The number of carboxylic acid groups (broad SMARTS) is 1. The predicted molar refractivity (Wildman–Crippen MR) is 89.2 cm³/mol. The van der Waals surface area contributed by atoms with E-state index >= 15 is 0 Å². The van der Waals surface area contributed by atoms with E-state index in [0.29, 0.717) is 0 Å². The Kier molecular flexibility index (Phi) is 13.4. The van der Waals surface area contributed by atoms with Gasteiger partial charge in [0.15, 0.2) is 6.61 Å². The van der Waals surface area contributed by atoms with E-state index in [1.165, 1.54) is 32.2 Å². The number of aliphatic hydroxyl groups excluding tert-OH is 1. The summed E-state index contributed by atoms with van der Waals surface area (Å²) in [6.45, 7) is 4.22. The Hall–Kier alpha value is -2.26. The number of hydrogen-bond acceptors (Lipinski definition) is 7. The number of amides is 1. The van der Waals surface area contributed by atoms with Crippen LogP contribution in [0, 0.1) is 0 Å². The molecule has 23 heavy (non-hydrogen) atoms. The largest absolute Gasteiger partial charge is 0.507 e. The highest BCUT2D eigenvalue weighted by atomic mass is 32.1. The standard InChI is InChI=1S/C13H17NO6S.CH5N/c1-3-5-8(10(15)4-2)13(19)20-6-11(16)14-9(7-21)12(17)18;1-2/h3-5,9,15,21H,1,6-7H2,2H3,(H,14,16)(H,17,18);2H2,1H3/b8-5+,10-4+;. The lowest BCUT2D eigenvalue weighted by molar-refractivity contribution is -0.146. The first-order valence-electron chi connectivity index (χ1n) is 6.43. The van der Waals surface area contributed by atoms with Crippen LogP contribution in [0.3, 0.4) is 0 Å². The number of thiol groups is 1. The third-order valence-corrected chi connectivity index (χ3v) is 2.57. The van der Waals surface area contributed by atoms with Crippen molar-refractivity contribution in [1.29, 1.82) is 0 Å². The van der Waals surface area contributed by atoms with Crippen LogP contribution in [0.2, 0.25) is 0 Å². The van der Waals surface area contributed by atoms with Gasteiger partial charge in [0.05, 0.1) is 0 Å². The second kappa shape index (κ2) is 13.4. The van der Waals surface area contributed by atoms with Crippen LogP contribution in [-0.4, -0.2) is 53.5 Å². The van der Waals surface area contributed by atoms with Gasteiger partial charge in [-0.1, -0.05) is 12.7 Å². The minimum atomic E-state index is -1.25. The van der Waals surface area contributed by atoms with Crippen LogP contribution < -0.4 is 11.1 Å². The van der Waals surface area contributed by atoms with Gasteiger partial charge in [0.1, 0.15) is 17.4 Å². The van der Waals surface area contributed by atoms with Gasteiger partial charge in [0.25, 0.3) is 5.91 Å². The topological polar surface area (TPSA) is 139 Å². The number of carbonyl (C=O) groups excluding carboxylic acids is 2. The Morgan fingerprint density at radius 3 is 2.30 bits per heavy atom. The van der Waals surface area contributed by atoms with Crippen LogP contribution in [0.4, 0.5) is 0 Å². The van der Waals surface area contributed by atoms with Crippen molar-refractivity contribution in [1.82, 2.24) is 5.32 Å². The van der Waals surface area contributed by atoms with Crippen molar-refractivity contribution >= 4 is 30.5 Å². The number of esters is 1. The van der Waals surface area contributed by atoms with Gasteiger partial charge < -0.3 is 26.0 Å². The number of rotatable bonds is 8. The highest BCUT2D eigenvalue weighted by Crippen LogP contribution is 2.09. The molecule has 0 saturated carbocycles. The number of carboxylic acids is 1. The molecule has 0 fully saturated rings. The van der Waals surface area contributed by atoms with E-state index < -0.39 is 30.5 Å². The molecule has 8 nitrogen and oxygen atoms in total. The monoisotopic (exact) mass is 346 g/mol. The number of allylic oxidation sites excluding steroid dienone is 3. The normalized spacial score (nSPS) is 12.3. The summed E-state index contributed by atoms with van der Waals surface area (Å²) < 4.78 is 4.68. The van der Waals surface area contributed by atoms with Crippen LogP contribution in [-0.2, 0) is 19.1 Å². The molecule has 0 rings (SSSR count). The molecule has 0 aromatic carbocycles. The van der Waals surface area contributed by atoms with E-state index in [1.54, 1.807) is 0 Å². The molecular formula is C14H22N2O6S. The van der Waals surface area contributed by atoms with Crippen molar-refractivity contribution in [3.05, 3.63) is 36.1 Å².